The number of phenolic OH excluding ortho intramolecular Hbond substituents is 1. The van der Waals surface area contributed by atoms with Crippen LogP contribution in [-0.2, 0) is 0 Å². The number of hydrogen-bond donors (Lipinski definition) is 3. The third kappa shape index (κ3) is 2.80. The average Bonchev–Trinajstić information content (AvgIpc) is 2.47. The molecule has 1 aliphatic rings. The summed E-state index contributed by atoms with van der Waals surface area (Å²) in [6.45, 7) is 1.82. The summed E-state index contributed by atoms with van der Waals surface area (Å²) in [4.78, 5) is 8.33. The first-order valence-electron chi connectivity index (χ1n) is 6.98. The molecule has 2 heterocycles. The zero-order chi connectivity index (χ0) is 14.8. The quantitative estimate of drug-likeness (QED) is 0.787. The molecule has 5 nitrogen and oxygen atoms in total. The van der Waals surface area contributed by atoms with Crippen molar-refractivity contribution >= 4 is 5.95 Å². The number of anilines is 1. The molecule has 0 saturated carbocycles. The first-order chi connectivity index (χ1) is 10.1. The Kier molecular flexibility index (Phi) is 3.70. The number of nitrogens with one attached hydrogen (secondary N) is 1. The molecule has 1 fully saturated rings. The van der Waals surface area contributed by atoms with Crippen LogP contribution in [0.2, 0.25) is 0 Å². The van der Waals surface area contributed by atoms with E-state index in [-0.39, 0.29) is 23.2 Å². The van der Waals surface area contributed by atoms with Crippen LogP contribution in [0.15, 0.2) is 24.3 Å². The molecule has 0 aliphatic carbocycles. The summed E-state index contributed by atoms with van der Waals surface area (Å²) in [6, 6.07) is 5.88. The van der Waals surface area contributed by atoms with Crippen LogP contribution < -0.4 is 11.1 Å². The number of nitrogens with two attached hydrogens (primary N) is 1. The lowest BCUT2D eigenvalue weighted by Gasteiger charge is -2.22. The van der Waals surface area contributed by atoms with Gasteiger partial charge in [-0.2, -0.15) is 0 Å². The molecule has 0 radical (unpaired) electrons. The maximum absolute atomic E-state index is 14.0. The summed E-state index contributed by atoms with van der Waals surface area (Å²) < 4.78 is 14.0. The monoisotopic (exact) mass is 288 g/mol. The highest BCUT2D eigenvalue weighted by Crippen LogP contribution is 2.32. The first-order valence-corrected chi connectivity index (χ1v) is 6.98. The highest BCUT2D eigenvalue weighted by Gasteiger charge is 2.20. The molecule has 1 atom stereocenters. The number of benzene rings is 1. The van der Waals surface area contributed by atoms with Crippen molar-refractivity contribution in [3.8, 4) is 17.0 Å². The fourth-order valence-electron chi connectivity index (χ4n) is 2.69. The van der Waals surface area contributed by atoms with Crippen molar-refractivity contribution in [2.24, 2.45) is 0 Å². The molecule has 3 rings (SSSR count). The first kappa shape index (κ1) is 13.8. The van der Waals surface area contributed by atoms with Crippen molar-refractivity contribution in [2.45, 2.75) is 18.8 Å². The van der Waals surface area contributed by atoms with Gasteiger partial charge in [-0.15, -0.1) is 0 Å². The summed E-state index contributed by atoms with van der Waals surface area (Å²) in [6.07, 6.45) is 2.07. The maximum atomic E-state index is 14.0. The minimum atomic E-state index is -0.527. The minimum absolute atomic E-state index is 0.0663. The second-order valence-corrected chi connectivity index (χ2v) is 5.21. The van der Waals surface area contributed by atoms with Gasteiger partial charge in [-0.3, -0.25) is 0 Å². The van der Waals surface area contributed by atoms with Gasteiger partial charge in [0, 0.05) is 12.5 Å². The number of rotatable bonds is 2. The van der Waals surface area contributed by atoms with Gasteiger partial charge < -0.3 is 16.2 Å². The molecule has 2 aromatic rings. The largest absolute Gasteiger partial charge is 0.507 e. The molecule has 1 saturated heterocycles. The summed E-state index contributed by atoms with van der Waals surface area (Å²) in [7, 11) is 0. The van der Waals surface area contributed by atoms with Gasteiger partial charge in [0.15, 0.2) is 0 Å². The number of hydrogen-bond acceptors (Lipinski definition) is 5. The van der Waals surface area contributed by atoms with Crippen LogP contribution >= 0.6 is 0 Å². The fraction of sp³-hybridized carbons (Fsp3) is 0.333. The van der Waals surface area contributed by atoms with E-state index in [0.717, 1.165) is 31.6 Å². The number of aromatic nitrogens is 2. The molecule has 0 spiro atoms. The van der Waals surface area contributed by atoms with E-state index in [1.54, 1.807) is 6.07 Å². The Balaban J connectivity index is 2.05. The zero-order valence-corrected chi connectivity index (χ0v) is 11.5. The van der Waals surface area contributed by atoms with Crippen molar-refractivity contribution in [3.05, 3.63) is 35.8 Å². The summed E-state index contributed by atoms with van der Waals surface area (Å²) in [5, 5.41) is 13.2. The van der Waals surface area contributed by atoms with Crippen LogP contribution in [-0.4, -0.2) is 28.2 Å². The van der Waals surface area contributed by atoms with Crippen LogP contribution in [0.5, 0.6) is 5.75 Å². The van der Waals surface area contributed by atoms with Gasteiger partial charge in [-0.25, -0.2) is 14.4 Å². The molecule has 1 aromatic carbocycles. The predicted molar refractivity (Wildman–Crippen MR) is 78.3 cm³/mol. The van der Waals surface area contributed by atoms with E-state index in [4.69, 9.17) is 5.73 Å². The molecular weight excluding hydrogens is 271 g/mol. The lowest BCUT2D eigenvalue weighted by Crippen LogP contribution is -2.29. The third-order valence-electron chi connectivity index (χ3n) is 3.73. The van der Waals surface area contributed by atoms with Crippen LogP contribution in [0.1, 0.15) is 24.5 Å². The van der Waals surface area contributed by atoms with Gasteiger partial charge in [0.25, 0.3) is 0 Å². The number of nitrogen functional groups attached to an aromatic ring is 1. The van der Waals surface area contributed by atoms with Gasteiger partial charge in [0.05, 0.1) is 17.0 Å². The van der Waals surface area contributed by atoms with Crippen LogP contribution in [0.3, 0.4) is 0 Å². The second-order valence-electron chi connectivity index (χ2n) is 5.21. The molecule has 21 heavy (non-hydrogen) atoms. The van der Waals surface area contributed by atoms with Gasteiger partial charge in [-0.05, 0) is 37.6 Å². The number of nitrogens with zero attached hydrogens (tertiary/aromatic N) is 2. The maximum Gasteiger partial charge on any atom is 0.220 e. The van der Waals surface area contributed by atoms with E-state index in [1.165, 1.54) is 18.2 Å². The molecule has 1 unspecified atom stereocenters. The van der Waals surface area contributed by atoms with E-state index in [0.29, 0.717) is 5.69 Å². The Morgan fingerprint density at radius 2 is 2.19 bits per heavy atom. The van der Waals surface area contributed by atoms with Crippen molar-refractivity contribution in [3.63, 3.8) is 0 Å². The SMILES string of the molecule is Nc1nc(-c2c(O)cccc2F)cc(C2CCCNC2)n1. The Hall–Kier alpha value is -2.21. The number of piperidine rings is 1. The topological polar surface area (TPSA) is 84.1 Å². The highest BCUT2D eigenvalue weighted by atomic mass is 19.1. The van der Waals surface area contributed by atoms with Gasteiger partial charge in [0.2, 0.25) is 5.95 Å². The lowest BCUT2D eigenvalue weighted by atomic mass is 9.95. The minimum Gasteiger partial charge on any atom is -0.507 e. The number of halogens is 1. The average molecular weight is 288 g/mol. The molecule has 0 bridgehead atoms. The van der Waals surface area contributed by atoms with Crippen molar-refractivity contribution in [1.29, 1.82) is 0 Å². The van der Waals surface area contributed by atoms with Crippen molar-refractivity contribution in [2.75, 3.05) is 18.8 Å². The molecule has 6 heteroatoms. The van der Waals surface area contributed by atoms with Gasteiger partial charge in [0.1, 0.15) is 11.6 Å². The standard InChI is InChI=1S/C15H17FN4O/c16-10-4-1-5-13(21)14(10)12-7-11(19-15(17)20-12)9-3-2-6-18-8-9/h1,4-5,7,9,18,21H,2-3,6,8H2,(H2,17,19,20). The van der Waals surface area contributed by atoms with E-state index in [1.807, 2.05) is 0 Å². The fourth-order valence-corrected chi connectivity index (χ4v) is 2.69. The Labute approximate surface area is 122 Å². The van der Waals surface area contributed by atoms with Crippen LogP contribution in [0.4, 0.5) is 10.3 Å². The van der Waals surface area contributed by atoms with E-state index < -0.39 is 5.82 Å². The third-order valence-corrected chi connectivity index (χ3v) is 3.73. The van der Waals surface area contributed by atoms with E-state index >= 15 is 0 Å². The Morgan fingerprint density at radius 3 is 2.90 bits per heavy atom. The molecule has 1 aromatic heterocycles. The van der Waals surface area contributed by atoms with E-state index in [9.17, 15) is 9.50 Å². The number of aromatic hydroxyl groups is 1. The molecule has 1 aliphatic heterocycles. The normalized spacial score (nSPS) is 18.6. The lowest BCUT2D eigenvalue weighted by molar-refractivity contribution is 0.454. The van der Waals surface area contributed by atoms with Crippen molar-refractivity contribution in [1.82, 2.24) is 15.3 Å². The second kappa shape index (κ2) is 5.65. The van der Waals surface area contributed by atoms with E-state index in [2.05, 4.69) is 15.3 Å². The summed E-state index contributed by atoms with van der Waals surface area (Å²) >= 11 is 0. The Bertz CT molecular complexity index is 636. The van der Waals surface area contributed by atoms with Gasteiger partial charge >= 0.3 is 0 Å². The molecule has 4 N–H and O–H groups in total. The summed E-state index contributed by atoms with van der Waals surface area (Å²) in [5.74, 6) is -0.353. The smallest absolute Gasteiger partial charge is 0.220 e. The van der Waals surface area contributed by atoms with Gasteiger partial charge in [-0.1, -0.05) is 6.07 Å². The van der Waals surface area contributed by atoms with Crippen molar-refractivity contribution < 1.29 is 9.50 Å². The highest BCUT2D eigenvalue weighted by molar-refractivity contribution is 5.68. The zero-order valence-electron chi connectivity index (χ0n) is 11.5. The predicted octanol–water partition coefficient (Wildman–Crippen LogP) is 2.04. The Morgan fingerprint density at radius 1 is 1.33 bits per heavy atom. The number of phenols is 1. The molecular formula is C15H17FN4O. The summed E-state index contributed by atoms with van der Waals surface area (Å²) in [5.41, 5.74) is 6.93. The molecule has 0 amide bonds. The van der Waals surface area contributed by atoms with Crippen LogP contribution in [0, 0.1) is 5.82 Å². The molecule has 110 valence electrons. The van der Waals surface area contributed by atoms with Crippen LogP contribution in [0.25, 0.3) is 11.3 Å².